The van der Waals surface area contributed by atoms with Crippen LogP contribution in [0.2, 0.25) is 0 Å². The van der Waals surface area contributed by atoms with Crippen LogP contribution in [0.4, 0.5) is 13.2 Å². The molecule has 0 aromatic carbocycles. The largest absolute Gasteiger partial charge is 0.490 e. The molecule has 98 valence electrons. The third-order valence-corrected chi connectivity index (χ3v) is 1.79. The highest BCUT2D eigenvalue weighted by Crippen LogP contribution is 2.13. The smallest absolute Gasteiger partial charge is 0.475 e. The van der Waals surface area contributed by atoms with Gasteiger partial charge < -0.3 is 10.1 Å². The lowest BCUT2D eigenvalue weighted by Crippen LogP contribution is -2.21. The van der Waals surface area contributed by atoms with E-state index in [0.717, 1.165) is 25.1 Å². The van der Waals surface area contributed by atoms with E-state index in [2.05, 4.69) is 23.8 Å². The Morgan fingerprint density at radius 3 is 2.29 bits per heavy atom. The van der Waals surface area contributed by atoms with Crippen LogP contribution in [-0.2, 0) is 17.6 Å². The number of carboxylic acid groups (broad SMARTS) is 1. The summed E-state index contributed by atoms with van der Waals surface area (Å²) < 4.78 is 31.7. The van der Waals surface area contributed by atoms with Gasteiger partial charge in [-0.15, -0.1) is 0 Å². The van der Waals surface area contributed by atoms with Crippen LogP contribution in [0.3, 0.4) is 0 Å². The molecule has 0 saturated heterocycles. The minimum Gasteiger partial charge on any atom is -0.475 e. The number of aliphatic carboxylic acids is 1. The first-order valence-corrected chi connectivity index (χ1v) is 5.14. The molecule has 0 amide bonds. The van der Waals surface area contributed by atoms with Gasteiger partial charge in [-0.25, -0.2) is 9.78 Å². The number of imidazole rings is 1. The van der Waals surface area contributed by atoms with Gasteiger partial charge in [0.05, 0.1) is 0 Å². The number of hydrogen-bond donors (Lipinski definition) is 2. The number of nitrogens with one attached hydrogen (secondary N) is 1. The predicted molar refractivity (Wildman–Crippen MR) is 55.7 cm³/mol. The summed E-state index contributed by atoms with van der Waals surface area (Å²) >= 11 is 0. The van der Waals surface area contributed by atoms with Gasteiger partial charge in [0.25, 0.3) is 0 Å². The highest BCUT2D eigenvalue weighted by molar-refractivity contribution is 5.73. The summed E-state index contributed by atoms with van der Waals surface area (Å²) in [5.41, 5.74) is 1.24. The van der Waals surface area contributed by atoms with Crippen molar-refractivity contribution in [3.05, 3.63) is 17.7 Å². The minimum atomic E-state index is -5.08. The van der Waals surface area contributed by atoms with E-state index in [4.69, 9.17) is 9.90 Å². The molecule has 0 saturated carbocycles. The SMILES string of the molecule is CCCc1ncc(CC)[nH]1.O=C(O)C(F)(F)F. The maximum Gasteiger partial charge on any atom is 0.490 e. The van der Waals surface area contributed by atoms with Crippen molar-refractivity contribution in [2.24, 2.45) is 0 Å². The van der Waals surface area contributed by atoms with E-state index in [9.17, 15) is 13.2 Å². The molecular weight excluding hydrogens is 237 g/mol. The van der Waals surface area contributed by atoms with E-state index in [1.165, 1.54) is 5.69 Å². The second kappa shape index (κ2) is 6.93. The summed E-state index contributed by atoms with van der Waals surface area (Å²) in [6.45, 7) is 4.29. The Labute approximate surface area is 96.9 Å². The molecule has 0 bridgehead atoms. The molecule has 4 nitrogen and oxygen atoms in total. The number of halogens is 3. The van der Waals surface area contributed by atoms with Gasteiger partial charge in [-0.05, 0) is 12.8 Å². The first kappa shape index (κ1) is 15.5. The predicted octanol–water partition coefficient (Wildman–Crippen LogP) is 2.56. The Morgan fingerprint density at radius 1 is 1.47 bits per heavy atom. The van der Waals surface area contributed by atoms with Crippen molar-refractivity contribution < 1.29 is 23.1 Å². The van der Waals surface area contributed by atoms with E-state index < -0.39 is 12.1 Å². The van der Waals surface area contributed by atoms with Crippen molar-refractivity contribution in [2.45, 2.75) is 39.3 Å². The highest BCUT2D eigenvalue weighted by Gasteiger charge is 2.38. The summed E-state index contributed by atoms with van der Waals surface area (Å²) in [6.07, 6.45) is 0.123. The lowest BCUT2D eigenvalue weighted by molar-refractivity contribution is -0.192. The van der Waals surface area contributed by atoms with Crippen molar-refractivity contribution in [1.29, 1.82) is 0 Å². The average Bonchev–Trinajstić information content (AvgIpc) is 2.66. The standard InChI is InChI=1S/C8H14N2.C2HF3O2/c1-3-5-8-9-6-7(4-2)10-8;3-2(4,5)1(6)7/h6H,3-5H2,1-2H3,(H,9,10);(H,6,7). The normalized spacial score (nSPS) is 10.6. The summed E-state index contributed by atoms with van der Waals surface area (Å²) in [7, 11) is 0. The Kier molecular flexibility index (Phi) is 6.30. The number of carboxylic acids is 1. The fourth-order valence-electron chi connectivity index (χ4n) is 0.949. The van der Waals surface area contributed by atoms with Crippen LogP contribution in [0.1, 0.15) is 31.8 Å². The zero-order valence-electron chi connectivity index (χ0n) is 9.64. The number of alkyl halides is 3. The molecule has 7 heteroatoms. The third kappa shape index (κ3) is 6.60. The van der Waals surface area contributed by atoms with E-state index in [-0.39, 0.29) is 0 Å². The quantitative estimate of drug-likeness (QED) is 0.868. The molecule has 0 atom stereocenters. The molecule has 0 radical (unpaired) electrons. The van der Waals surface area contributed by atoms with Crippen molar-refractivity contribution in [2.75, 3.05) is 0 Å². The summed E-state index contributed by atoms with van der Waals surface area (Å²) in [4.78, 5) is 16.4. The topological polar surface area (TPSA) is 66.0 Å². The van der Waals surface area contributed by atoms with Crippen molar-refractivity contribution in [1.82, 2.24) is 9.97 Å². The van der Waals surface area contributed by atoms with Crippen LogP contribution >= 0.6 is 0 Å². The van der Waals surface area contributed by atoms with E-state index >= 15 is 0 Å². The first-order valence-electron chi connectivity index (χ1n) is 5.14. The molecule has 1 aromatic heterocycles. The van der Waals surface area contributed by atoms with E-state index in [0.29, 0.717) is 0 Å². The minimum absolute atomic E-state index is 1.05. The second-order valence-electron chi connectivity index (χ2n) is 3.26. The number of aryl methyl sites for hydroxylation is 2. The zero-order chi connectivity index (χ0) is 13.5. The molecule has 0 aliphatic carbocycles. The number of aromatic amines is 1. The number of aromatic nitrogens is 2. The molecule has 17 heavy (non-hydrogen) atoms. The molecule has 0 fully saturated rings. The van der Waals surface area contributed by atoms with Crippen LogP contribution in [0, 0.1) is 0 Å². The zero-order valence-corrected chi connectivity index (χ0v) is 9.64. The van der Waals surface area contributed by atoms with Crippen LogP contribution in [0.25, 0.3) is 0 Å². The van der Waals surface area contributed by atoms with Crippen molar-refractivity contribution in [3.63, 3.8) is 0 Å². The third-order valence-electron chi connectivity index (χ3n) is 1.79. The molecule has 0 spiro atoms. The number of rotatable bonds is 3. The summed E-state index contributed by atoms with van der Waals surface area (Å²) in [6, 6.07) is 0. The molecular formula is C10H15F3N2O2. The Balaban J connectivity index is 0.000000325. The van der Waals surface area contributed by atoms with Gasteiger partial charge in [0, 0.05) is 18.3 Å². The van der Waals surface area contributed by atoms with E-state index in [1.807, 2.05) is 6.20 Å². The molecule has 0 aliphatic rings. The summed E-state index contributed by atoms with van der Waals surface area (Å²) in [5.74, 6) is -1.63. The van der Waals surface area contributed by atoms with Gasteiger partial charge in [-0.1, -0.05) is 13.8 Å². The number of H-pyrrole nitrogens is 1. The number of nitrogens with zero attached hydrogens (tertiary/aromatic N) is 1. The Morgan fingerprint density at radius 2 is 2.00 bits per heavy atom. The van der Waals surface area contributed by atoms with Gasteiger partial charge in [0.2, 0.25) is 0 Å². The van der Waals surface area contributed by atoms with Crippen LogP contribution < -0.4 is 0 Å². The lowest BCUT2D eigenvalue weighted by Gasteiger charge is -1.93. The second-order valence-corrected chi connectivity index (χ2v) is 3.26. The maximum absolute atomic E-state index is 10.6. The molecule has 1 heterocycles. The fourth-order valence-corrected chi connectivity index (χ4v) is 0.949. The van der Waals surface area contributed by atoms with Gasteiger partial charge >= 0.3 is 12.1 Å². The first-order chi connectivity index (χ1) is 7.81. The maximum atomic E-state index is 10.6. The van der Waals surface area contributed by atoms with Gasteiger partial charge in [-0.2, -0.15) is 13.2 Å². The molecule has 1 aromatic rings. The highest BCUT2D eigenvalue weighted by atomic mass is 19.4. The number of hydrogen-bond acceptors (Lipinski definition) is 2. The fraction of sp³-hybridized carbons (Fsp3) is 0.600. The molecule has 0 unspecified atom stereocenters. The molecule has 1 rings (SSSR count). The molecule has 0 aliphatic heterocycles. The Hall–Kier alpha value is -1.53. The van der Waals surface area contributed by atoms with E-state index in [1.54, 1.807) is 0 Å². The Bertz CT molecular complexity index is 348. The van der Waals surface area contributed by atoms with Crippen LogP contribution in [-0.4, -0.2) is 27.2 Å². The van der Waals surface area contributed by atoms with Gasteiger partial charge in [-0.3, -0.25) is 0 Å². The lowest BCUT2D eigenvalue weighted by atomic mass is 10.3. The number of carbonyl (C=O) groups is 1. The van der Waals surface area contributed by atoms with Crippen LogP contribution in [0.5, 0.6) is 0 Å². The van der Waals surface area contributed by atoms with Crippen molar-refractivity contribution in [3.8, 4) is 0 Å². The van der Waals surface area contributed by atoms with Crippen molar-refractivity contribution >= 4 is 5.97 Å². The molecule has 2 N–H and O–H groups in total. The van der Waals surface area contributed by atoms with Gasteiger partial charge in [0.1, 0.15) is 5.82 Å². The summed E-state index contributed by atoms with van der Waals surface area (Å²) in [5, 5.41) is 7.12. The van der Waals surface area contributed by atoms with Gasteiger partial charge in [0.15, 0.2) is 0 Å². The average molecular weight is 252 g/mol. The van der Waals surface area contributed by atoms with Crippen LogP contribution in [0.15, 0.2) is 6.20 Å². The monoisotopic (exact) mass is 252 g/mol.